The first-order valence-corrected chi connectivity index (χ1v) is 7.39. The predicted octanol–water partition coefficient (Wildman–Crippen LogP) is 1.09. The summed E-state index contributed by atoms with van der Waals surface area (Å²) in [6.45, 7) is 3.06. The van der Waals surface area contributed by atoms with Crippen LogP contribution in [-0.4, -0.2) is 50.3 Å². The minimum atomic E-state index is -0.603. The van der Waals surface area contributed by atoms with Crippen LogP contribution in [-0.2, 0) is 38.1 Å². The summed E-state index contributed by atoms with van der Waals surface area (Å²) in [7, 11) is 0. The molecule has 0 radical (unpaired) electrons. The molecule has 0 aliphatic carbocycles. The molecule has 0 aromatic rings. The maximum Gasteiger partial charge on any atom is 0.330 e. The van der Waals surface area contributed by atoms with E-state index < -0.39 is 23.9 Å². The van der Waals surface area contributed by atoms with Gasteiger partial charge in [-0.1, -0.05) is 12.2 Å². The summed E-state index contributed by atoms with van der Waals surface area (Å²) >= 11 is 0. The van der Waals surface area contributed by atoms with Gasteiger partial charge in [-0.2, -0.15) is 0 Å². The van der Waals surface area contributed by atoms with Crippen LogP contribution >= 0.6 is 0 Å². The Morgan fingerprint density at radius 3 is 1.29 bits per heavy atom. The van der Waals surface area contributed by atoms with E-state index in [2.05, 4.69) is 0 Å². The Morgan fingerprint density at radius 1 is 0.625 bits per heavy atom. The number of hydrogen-bond donors (Lipinski definition) is 0. The van der Waals surface area contributed by atoms with Gasteiger partial charge in [0.15, 0.2) is 0 Å². The largest absolute Gasteiger partial charge is 0.462 e. The average molecular weight is 342 g/mol. The molecule has 0 atom stereocenters. The molecule has 0 saturated carbocycles. The second kappa shape index (κ2) is 14.0. The van der Waals surface area contributed by atoms with Crippen molar-refractivity contribution in [2.75, 3.05) is 26.4 Å². The van der Waals surface area contributed by atoms with Gasteiger partial charge in [0.25, 0.3) is 0 Å². The molecule has 24 heavy (non-hydrogen) atoms. The third kappa shape index (κ3) is 13.1. The number of ether oxygens (including phenoxy) is 4. The molecule has 8 heteroatoms. The van der Waals surface area contributed by atoms with Crippen molar-refractivity contribution >= 4 is 23.9 Å². The number of rotatable bonds is 11. The number of carbonyl (C=O) groups is 4. The SMILES string of the molecule is CC=CC(=O)OCCOC(=O)CCC(=O)OCCOC(=O)C=CC. The molecule has 0 aromatic heterocycles. The first kappa shape index (κ1) is 21.4. The van der Waals surface area contributed by atoms with Crippen LogP contribution in [0.1, 0.15) is 26.7 Å². The van der Waals surface area contributed by atoms with Gasteiger partial charge >= 0.3 is 23.9 Å². The molecule has 0 aliphatic rings. The summed E-state index contributed by atoms with van der Waals surface area (Å²) in [5.74, 6) is -2.25. The van der Waals surface area contributed by atoms with E-state index in [0.29, 0.717) is 0 Å². The second-order valence-corrected chi connectivity index (χ2v) is 4.28. The van der Waals surface area contributed by atoms with Crippen LogP contribution in [0, 0.1) is 0 Å². The number of allylic oxidation sites excluding steroid dienone is 2. The molecule has 0 amide bonds. The Morgan fingerprint density at radius 2 is 0.958 bits per heavy atom. The minimum Gasteiger partial charge on any atom is -0.462 e. The van der Waals surface area contributed by atoms with Crippen molar-refractivity contribution in [1.82, 2.24) is 0 Å². The topological polar surface area (TPSA) is 105 Å². The van der Waals surface area contributed by atoms with E-state index in [1.165, 1.54) is 24.3 Å². The summed E-state index contributed by atoms with van der Waals surface area (Å²) in [6, 6.07) is 0. The van der Waals surface area contributed by atoms with Crippen molar-refractivity contribution < 1.29 is 38.1 Å². The quantitative estimate of drug-likeness (QED) is 0.238. The van der Waals surface area contributed by atoms with E-state index in [-0.39, 0.29) is 39.3 Å². The van der Waals surface area contributed by atoms with Crippen LogP contribution < -0.4 is 0 Å². The third-order valence-corrected chi connectivity index (χ3v) is 2.32. The van der Waals surface area contributed by atoms with E-state index >= 15 is 0 Å². The highest BCUT2D eigenvalue weighted by Gasteiger charge is 2.09. The Labute approximate surface area is 140 Å². The minimum absolute atomic E-state index is 0.0586. The van der Waals surface area contributed by atoms with Crippen LogP contribution in [0.3, 0.4) is 0 Å². The van der Waals surface area contributed by atoms with Crippen LogP contribution in [0.2, 0.25) is 0 Å². The van der Waals surface area contributed by atoms with Gasteiger partial charge in [-0.15, -0.1) is 0 Å². The van der Waals surface area contributed by atoms with Crippen molar-refractivity contribution in [3.8, 4) is 0 Å². The molecule has 0 bridgehead atoms. The first-order chi connectivity index (χ1) is 11.5. The molecule has 0 saturated heterocycles. The van der Waals surface area contributed by atoms with E-state index in [4.69, 9.17) is 18.9 Å². The van der Waals surface area contributed by atoms with Crippen LogP contribution in [0.15, 0.2) is 24.3 Å². The molecule has 0 unspecified atom stereocenters. The zero-order valence-electron chi connectivity index (χ0n) is 13.8. The summed E-state index contributed by atoms with van der Waals surface area (Å²) in [4.78, 5) is 44.6. The highest BCUT2D eigenvalue weighted by Crippen LogP contribution is 1.97. The number of hydrogen-bond acceptors (Lipinski definition) is 8. The van der Waals surface area contributed by atoms with Crippen LogP contribution in [0.5, 0.6) is 0 Å². The Bertz CT molecular complexity index is 434. The zero-order valence-corrected chi connectivity index (χ0v) is 13.8. The smallest absolute Gasteiger partial charge is 0.330 e. The summed E-state index contributed by atoms with van der Waals surface area (Å²) in [5, 5.41) is 0. The Kier molecular flexibility index (Phi) is 12.4. The molecule has 0 aromatic carbocycles. The van der Waals surface area contributed by atoms with Gasteiger partial charge < -0.3 is 18.9 Å². The molecule has 0 spiro atoms. The molecule has 0 heterocycles. The van der Waals surface area contributed by atoms with Gasteiger partial charge in [0.2, 0.25) is 0 Å². The monoisotopic (exact) mass is 342 g/mol. The molecule has 134 valence electrons. The molecule has 8 nitrogen and oxygen atoms in total. The maximum absolute atomic E-state index is 11.3. The zero-order chi connectivity index (χ0) is 18.2. The fourth-order valence-corrected chi connectivity index (χ4v) is 1.31. The van der Waals surface area contributed by atoms with Crippen molar-refractivity contribution in [1.29, 1.82) is 0 Å². The van der Waals surface area contributed by atoms with Gasteiger partial charge in [0, 0.05) is 12.2 Å². The first-order valence-electron chi connectivity index (χ1n) is 7.39. The van der Waals surface area contributed by atoms with Crippen LogP contribution in [0.4, 0.5) is 0 Å². The summed E-state index contributed by atoms with van der Waals surface area (Å²) < 4.78 is 19.0. The lowest BCUT2D eigenvalue weighted by Gasteiger charge is -2.06. The standard InChI is InChI=1S/C16H22O8/c1-3-5-13(17)21-9-11-23-15(19)7-8-16(20)24-12-10-22-14(18)6-4-2/h3-6H,7-12H2,1-2H3. The average Bonchev–Trinajstić information content (AvgIpc) is 2.54. The highest BCUT2D eigenvalue weighted by molar-refractivity contribution is 5.82. The van der Waals surface area contributed by atoms with Crippen LogP contribution in [0.25, 0.3) is 0 Å². The summed E-state index contributed by atoms with van der Waals surface area (Å²) in [6.07, 6.45) is 5.24. The Hall–Kier alpha value is -2.64. The number of carbonyl (C=O) groups excluding carboxylic acids is 4. The van der Waals surface area contributed by atoms with E-state index in [1.807, 2.05) is 0 Å². The van der Waals surface area contributed by atoms with Crippen molar-refractivity contribution in [2.24, 2.45) is 0 Å². The summed E-state index contributed by atoms with van der Waals surface area (Å²) in [5.41, 5.74) is 0. The number of esters is 4. The van der Waals surface area contributed by atoms with Crippen molar-refractivity contribution in [3.05, 3.63) is 24.3 Å². The normalized spacial score (nSPS) is 10.6. The van der Waals surface area contributed by atoms with E-state index in [0.717, 1.165) is 0 Å². The molecule has 0 aliphatic heterocycles. The molecular weight excluding hydrogens is 320 g/mol. The van der Waals surface area contributed by atoms with E-state index in [9.17, 15) is 19.2 Å². The molecular formula is C16H22O8. The van der Waals surface area contributed by atoms with E-state index in [1.54, 1.807) is 13.8 Å². The van der Waals surface area contributed by atoms with Gasteiger partial charge in [-0.3, -0.25) is 9.59 Å². The van der Waals surface area contributed by atoms with Crippen molar-refractivity contribution in [2.45, 2.75) is 26.7 Å². The lowest BCUT2D eigenvalue weighted by atomic mass is 10.3. The Balaban J connectivity index is 3.63. The highest BCUT2D eigenvalue weighted by atomic mass is 16.6. The lowest BCUT2D eigenvalue weighted by Crippen LogP contribution is -2.16. The predicted molar refractivity (Wildman–Crippen MR) is 82.7 cm³/mol. The fraction of sp³-hybridized carbons (Fsp3) is 0.500. The molecule has 0 N–H and O–H groups in total. The fourth-order valence-electron chi connectivity index (χ4n) is 1.31. The molecule has 0 rings (SSSR count). The lowest BCUT2D eigenvalue weighted by molar-refractivity contribution is -0.154. The maximum atomic E-state index is 11.3. The van der Waals surface area contributed by atoms with Gasteiger partial charge in [-0.25, -0.2) is 9.59 Å². The van der Waals surface area contributed by atoms with Crippen molar-refractivity contribution in [3.63, 3.8) is 0 Å². The third-order valence-electron chi connectivity index (χ3n) is 2.32. The van der Waals surface area contributed by atoms with Gasteiger partial charge in [0.1, 0.15) is 26.4 Å². The molecule has 0 fully saturated rings. The van der Waals surface area contributed by atoms with Gasteiger partial charge in [0.05, 0.1) is 12.8 Å². The van der Waals surface area contributed by atoms with Gasteiger partial charge in [-0.05, 0) is 13.8 Å². The second-order valence-electron chi connectivity index (χ2n) is 4.28.